The Balaban J connectivity index is 0.00000132. The largest absolute Gasteiger partial charge is 0.384 e. The molecule has 4 rings (SSSR count). The van der Waals surface area contributed by atoms with Gasteiger partial charge in [0.1, 0.15) is 17.2 Å². The lowest BCUT2D eigenvalue weighted by molar-refractivity contribution is 0.770. The number of benzene rings is 1. The summed E-state index contributed by atoms with van der Waals surface area (Å²) < 4.78 is 3.93. The van der Waals surface area contributed by atoms with Crippen LogP contribution in [0.15, 0.2) is 35.4 Å². The third-order valence-corrected chi connectivity index (χ3v) is 7.57. The number of anilines is 3. The van der Waals surface area contributed by atoms with Gasteiger partial charge in [-0.1, -0.05) is 19.9 Å². The zero-order chi connectivity index (χ0) is 22.7. The monoisotopic (exact) mass is 567 g/mol. The van der Waals surface area contributed by atoms with Gasteiger partial charge in [0.05, 0.1) is 23.4 Å². The summed E-state index contributed by atoms with van der Waals surface area (Å²) in [6.07, 6.45) is 4.62. The van der Waals surface area contributed by atoms with E-state index >= 15 is 0 Å². The van der Waals surface area contributed by atoms with Crippen LogP contribution in [-0.4, -0.2) is 30.3 Å². The maximum atomic E-state index is 6.09. The van der Waals surface area contributed by atoms with E-state index in [0.717, 1.165) is 50.1 Å². The number of hydrogen-bond acceptors (Lipinski definition) is 6. The standard InChI is InChI=1S/C19H21IN7PS.C2H6/c1-10-9-26(3)25-17(10)12-5-6-13(15(7-12)29-4)23-14-8-16(21)24-19-18(14)22-11(2)27(19)28-20;1-2/h5-9,28H,1-4H3,(H3,21,23,24);1-2H3. The molecular formula is C21H27IN7PS. The summed E-state index contributed by atoms with van der Waals surface area (Å²) in [5.41, 5.74) is 12.9. The molecule has 0 spiro atoms. The molecule has 0 aliphatic carbocycles. The number of aryl methyl sites for hydroxylation is 3. The van der Waals surface area contributed by atoms with E-state index in [-0.39, 0.29) is 0 Å². The molecule has 0 saturated heterocycles. The first-order chi connectivity index (χ1) is 14.9. The van der Waals surface area contributed by atoms with E-state index in [9.17, 15) is 0 Å². The second kappa shape index (κ2) is 10.2. The highest BCUT2D eigenvalue weighted by atomic mass is 127. The molecule has 1 unspecified atom stereocenters. The van der Waals surface area contributed by atoms with Crippen LogP contribution in [-0.2, 0) is 7.05 Å². The van der Waals surface area contributed by atoms with E-state index in [2.05, 4.69) is 73.2 Å². The lowest BCUT2D eigenvalue weighted by Crippen LogP contribution is -1.99. The molecule has 0 aliphatic heterocycles. The van der Waals surface area contributed by atoms with Crippen molar-refractivity contribution in [3.63, 3.8) is 0 Å². The average molecular weight is 567 g/mol. The van der Waals surface area contributed by atoms with Crippen molar-refractivity contribution >= 4 is 68.5 Å². The fraction of sp³-hybridized carbons (Fsp3) is 0.286. The topological polar surface area (TPSA) is 86.6 Å². The molecule has 0 radical (unpaired) electrons. The van der Waals surface area contributed by atoms with Crippen molar-refractivity contribution < 1.29 is 0 Å². The quantitative estimate of drug-likeness (QED) is 0.167. The first kappa shape index (κ1) is 23.8. The van der Waals surface area contributed by atoms with Crippen LogP contribution >= 0.6 is 40.2 Å². The lowest BCUT2D eigenvalue weighted by Gasteiger charge is -2.13. The smallest absolute Gasteiger partial charge is 0.168 e. The molecule has 0 bridgehead atoms. The summed E-state index contributed by atoms with van der Waals surface area (Å²) >= 11 is 4.02. The van der Waals surface area contributed by atoms with Gasteiger partial charge in [0, 0.05) is 29.8 Å². The normalized spacial score (nSPS) is 11.2. The van der Waals surface area contributed by atoms with E-state index in [0.29, 0.717) is 12.2 Å². The number of halogens is 1. The van der Waals surface area contributed by atoms with Gasteiger partial charge in [-0.25, -0.2) is 9.97 Å². The molecule has 7 nitrogen and oxygen atoms in total. The summed E-state index contributed by atoms with van der Waals surface area (Å²) in [6, 6.07) is 8.19. The molecule has 3 heterocycles. The van der Waals surface area contributed by atoms with Crippen LogP contribution in [0.3, 0.4) is 0 Å². The number of hydrogen-bond donors (Lipinski definition) is 2. The van der Waals surface area contributed by atoms with E-state index in [1.165, 1.54) is 0 Å². The fourth-order valence-corrected chi connectivity index (χ4v) is 6.08. The molecule has 4 aromatic rings. The second-order valence-corrected chi connectivity index (χ2v) is 9.63. The molecule has 0 aliphatic rings. The Hall–Kier alpha value is -1.84. The minimum absolute atomic E-state index is 0.474. The van der Waals surface area contributed by atoms with Gasteiger partial charge in [-0.05, 0) is 59.8 Å². The number of thioether (sulfide) groups is 1. The molecule has 3 aromatic heterocycles. The zero-order valence-corrected chi connectivity index (χ0v) is 22.5. The molecule has 1 atom stereocenters. The van der Waals surface area contributed by atoms with Crippen LogP contribution in [0, 0.1) is 13.8 Å². The molecule has 31 heavy (non-hydrogen) atoms. The SMILES string of the molecule is CC.CSc1cc(-c2nn(C)cc2C)ccc1Nc1cc(N)nc2c1nc(C)n2PI. The Morgan fingerprint density at radius 2 is 1.87 bits per heavy atom. The number of nitrogens with zero attached hydrogens (tertiary/aromatic N) is 5. The van der Waals surface area contributed by atoms with Crippen molar-refractivity contribution in [1.29, 1.82) is 0 Å². The van der Waals surface area contributed by atoms with Gasteiger partial charge in [0.25, 0.3) is 0 Å². The van der Waals surface area contributed by atoms with Gasteiger partial charge in [0.15, 0.2) is 5.65 Å². The summed E-state index contributed by atoms with van der Waals surface area (Å²) in [5.74, 6) is 1.40. The predicted octanol–water partition coefficient (Wildman–Crippen LogP) is 6.31. The first-order valence-electron chi connectivity index (χ1n) is 9.89. The number of pyridine rings is 1. The number of nitrogen functional groups attached to an aromatic ring is 1. The Labute approximate surface area is 201 Å². The molecule has 0 fully saturated rings. The highest BCUT2D eigenvalue weighted by molar-refractivity contribution is 14.2. The fourth-order valence-electron chi connectivity index (χ4n) is 3.35. The number of aromatic nitrogens is 5. The van der Waals surface area contributed by atoms with Crippen LogP contribution in [0.5, 0.6) is 0 Å². The third kappa shape index (κ3) is 4.83. The summed E-state index contributed by atoms with van der Waals surface area (Å²) in [6.45, 7) is 8.07. The maximum Gasteiger partial charge on any atom is 0.168 e. The predicted molar refractivity (Wildman–Crippen MR) is 144 cm³/mol. The Morgan fingerprint density at radius 3 is 2.48 bits per heavy atom. The van der Waals surface area contributed by atoms with Crippen molar-refractivity contribution in [2.24, 2.45) is 7.05 Å². The number of nitrogens with one attached hydrogen (secondary N) is 1. The number of rotatable bonds is 5. The zero-order valence-electron chi connectivity index (χ0n) is 18.5. The number of nitrogens with two attached hydrogens (primary N) is 1. The van der Waals surface area contributed by atoms with E-state index in [1.807, 2.05) is 44.8 Å². The van der Waals surface area contributed by atoms with Crippen LogP contribution in [0.1, 0.15) is 25.2 Å². The number of fused-ring (bicyclic) bond motifs is 1. The van der Waals surface area contributed by atoms with Crippen LogP contribution in [0.2, 0.25) is 0 Å². The summed E-state index contributed by atoms with van der Waals surface area (Å²) in [4.78, 5) is 10.4. The highest BCUT2D eigenvalue weighted by Crippen LogP contribution is 2.37. The molecule has 164 valence electrons. The average Bonchev–Trinajstić information content (AvgIpc) is 3.27. The number of imidazole rings is 1. The van der Waals surface area contributed by atoms with E-state index in [1.54, 1.807) is 11.8 Å². The van der Waals surface area contributed by atoms with Gasteiger partial charge in [-0.3, -0.25) is 9.02 Å². The Bertz CT molecular complexity index is 1220. The van der Waals surface area contributed by atoms with Gasteiger partial charge in [-0.2, -0.15) is 5.10 Å². The van der Waals surface area contributed by atoms with Gasteiger partial charge in [-0.15, -0.1) is 11.8 Å². The van der Waals surface area contributed by atoms with Crippen molar-refractivity contribution in [2.45, 2.75) is 32.6 Å². The minimum atomic E-state index is 0.474. The van der Waals surface area contributed by atoms with Gasteiger partial charge < -0.3 is 11.1 Å². The minimum Gasteiger partial charge on any atom is -0.384 e. The Kier molecular flexibility index (Phi) is 7.82. The van der Waals surface area contributed by atoms with Crippen LogP contribution in [0.4, 0.5) is 17.2 Å². The highest BCUT2D eigenvalue weighted by Gasteiger charge is 2.16. The van der Waals surface area contributed by atoms with Gasteiger partial charge in [0.2, 0.25) is 0 Å². The van der Waals surface area contributed by atoms with Crippen LogP contribution < -0.4 is 11.1 Å². The molecule has 10 heteroatoms. The van der Waals surface area contributed by atoms with Crippen molar-refractivity contribution in [1.82, 2.24) is 24.1 Å². The second-order valence-electron chi connectivity index (χ2n) is 6.72. The van der Waals surface area contributed by atoms with Crippen molar-refractivity contribution in [3.05, 3.63) is 41.9 Å². The molecule has 3 N–H and O–H groups in total. The molecule has 1 aromatic carbocycles. The first-order valence-corrected chi connectivity index (χ1v) is 15.2. The van der Waals surface area contributed by atoms with Gasteiger partial charge >= 0.3 is 0 Å². The van der Waals surface area contributed by atoms with E-state index in [4.69, 9.17) is 10.7 Å². The summed E-state index contributed by atoms with van der Waals surface area (Å²) in [5, 5.41) is 8.12. The maximum absolute atomic E-state index is 6.09. The van der Waals surface area contributed by atoms with Crippen molar-refractivity contribution in [2.75, 3.05) is 17.3 Å². The Morgan fingerprint density at radius 1 is 1.13 bits per heavy atom. The van der Waals surface area contributed by atoms with E-state index < -0.39 is 0 Å². The van der Waals surface area contributed by atoms with Crippen LogP contribution in [0.25, 0.3) is 22.4 Å². The molecular weight excluding hydrogens is 540 g/mol. The lowest BCUT2D eigenvalue weighted by atomic mass is 10.1. The summed E-state index contributed by atoms with van der Waals surface area (Å²) in [7, 11) is 1.94. The molecule has 0 saturated carbocycles. The third-order valence-electron chi connectivity index (χ3n) is 4.64. The molecule has 0 amide bonds. The van der Waals surface area contributed by atoms with Crippen molar-refractivity contribution in [3.8, 4) is 11.3 Å².